The number of phenols is 1. The number of ketones is 8. The number of likely N-dealkylation sites (N-methyl/N-ethyl adjacent to an activating group) is 3. The molecule has 42 heteroatoms. The van der Waals surface area contributed by atoms with E-state index in [1.165, 1.54) is 64.3 Å². The topological polar surface area (TPSA) is 767 Å². The van der Waals surface area contributed by atoms with Gasteiger partial charge in [-0.2, -0.15) is 0 Å². The van der Waals surface area contributed by atoms with E-state index in [9.17, 15) is 62.6 Å². The van der Waals surface area contributed by atoms with Gasteiger partial charge in [0.15, 0.2) is 76.5 Å². The molecule has 16 atom stereocenters. The number of carbonyl (C=O) groups is 17. The van der Waals surface area contributed by atoms with Gasteiger partial charge in [-0.15, -0.1) is 0 Å². The van der Waals surface area contributed by atoms with Gasteiger partial charge in [-0.05, 0) is 122 Å². The van der Waals surface area contributed by atoms with Gasteiger partial charge in [-0.3, -0.25) is 92.1 Å². The molecule has 0 spiro atoms. The highest BCUT2D eigenvalue weighted by Crippen LogP contribution is 2.15. The van der Waals surface area contributed by atoms with Crippen molar-refractivity contribution in [2.24, 2.45) is 68.8 Å². The van der Waals surface area contributed by atoms with Crippen LogP contribution < -0.4 is 133 Å². The molecular formula is C70H108N24O18. The van der Waals surface area contributed by atoms with E-state index in [1.807, 2.05) is 5.32 Å². The number of hydrogen-bond donors (Lipinski definition) is 25. The van der Waals surface area contributed by atoms with Crippen LogP contribution in [0.1, 0.15) is 75.5 Å². The average molecular weight is 1570 g/mol. The van der Waals surface area contributed by atoms with Crippen molar-refractivity contribution in [3.05, 3.63) is 102 Å². The quantitative estimate of drug-likeness (QED) is 0.0142. The first-order valence-corrected chi connectivity index (χ1v) is 35.6. The van der Waals surface area contributed by atoms with Crippen LogP contribution in [0.5, 0.6) is 5.75 Å². The molecular weight excluding hydrogens is 1460 g/mol. The van der Waals surface area contributed by atoms with Crippen LogP contribution in [-0.2, 0) is 101 Å². The number of benzene rings is 3. The summed E-state index contributed by atoms with van der Waals surface area (Å²) in [5, 5.41) is 37.8. The summed E-state index contributed by atoms with van der Waals surface area (Å²) in [6.07, 6.45) is -6.41. The van der Waals surface area contributed by atoms with E-state index in [0.29, 0.717) is 11.1 Å². The van der Waals surface area contributed by atoms with Gasteiger partial charge in [0.2, 0.25) is 29.5 Å². The lowest BCUT2D eigenvalue weighted by Gasteiger charge is -2.29. The Balaban J connectivity index is 2.35. The number of phenolic OH excluding ortho intramolecular Hbond substituents is 1. The van der Waals surface area contributed by atoms with E-state index >= 15 is 24.0 Å². The van der Waals surface area contributed by atoms with Gasteiger partial charge in [-0.1, -0.05) is 72.8 Å². The Kier molecular flexibility index (Phi) is 40.7. The van der Waals surface area contributed by atoms with Gasteiger partial charge in [0.05, 0.1) is 48.3 Å². The fraction of sp³-hybridized carbons (Fsp3) is 0.500. The average Bonchev–Trinajstić information content (AvgIpc) is 0.815. The third-order valence-corrected chi connectivity index (χ3v) is 17.7. The number of nitrogens with one attached hydrogen (secondary N) is 12. The zero-order chi connectivity index (χ0) is 84.4. The smallest absolute Gasteiger partial charge is 0.251 e. The van der Waals surface area contributed by atoms with E-state index < -0.39 is 241 Å². The Morgan fingerprint density at radius 3 is 0.964 bits per heavy atom. The molecule has 0 aliphatic carbocycles. The summed E-state index contributed by atoms with van der Waals surface area (Å²) < 4.78 is 0. The number of Topliss-reactive ketones (excluding diaryl/α,β-unsaturated/α-hetero) is 8. The first-order valence-electron chi connectivity index (χ1n) is 35.6. The van der Waals surface area contributed by atoms with E-state index in [-0.39, 0.29) is 56.5 Å². The van der Waals surface area contributed by atoms with Gasteiger partial charge in [0, 0.05) is 19.3 Å². The van der Waals surface area contributed by atoms with Crippen molar-refractivity contribution < 1.29 is 86.6 Å². The molecule has 8 unspecified atom stereocenters. The maximum absolute atomic E-state index is 15.4. The normalized spacial score (nSPS) is 15.7. The summed E-state index contributed by atoms with van der Waals surface area (Å²) in [5.74, 6) is -24.0. The van der Waals surface area contributed by atoms with E-state index in [2.05, 4.69) is 58.5 Å². The molecule has 0 aromatic heterocycles. The van der Waals surface area contributed by atoms with Gasteiger partial charge >= 0.3 is 0 Å². The lowest BCUT2D eigenvalue weighted by Crippen LogP contribution is -2.66. The summed E-state index contributed by atoms with van der Waals surface area (Å²) in [6.45, 7) is 2.79. The molecule has 3 rings (SSSR count). The molecule has 0 radical (unpaired) electrons. The molecule has 42 nitrogen and oxygen atoms in total. The van der Waals surface area contributed by atoms with E-state index in [0.717, 1.165) is 7.05 Å². The minimum Gasteiger partial charge on any atom is -0.508 e. The molecule has 0 fully saturated rings. The van der Waals surface area contributed by atoms with Crippen molar-refractivity contribution in [3.8, 4) is 5.75 Å². The largest absolute Gasteiger partial charge is 0.508 e. The Morgan fingerprint density at radius 2 is 0.634 bits per heavy atom. The van der Waals surface area contributed by atoms with Crippen molar-refractivity contribution in [2.45, 2.75) is 187 Å². The van der Waals surface area contributed by atoms with Gasteiger partial charge in [0.1, 0.15) is 36.5 Å². The molecule has 37 N–H and O–H groups in total. The molecule has 112 heavy (non-hydrogen) atoms. The maximum Gasteiger partial charge on any atom is 0.251 e. The molecule has 0 saturated carbocycles. The number of hydrogen-bond acceptors (Lipinski definition) is 33. The predicted octanol–water partition coefficient (Wildman–Crippen LogP) is -12.6. The summed E-state index contributed by atoms with van der Waals surface area (Å²) in [4.78, 5) is 243. The number of nitrogens with two attached hydrogens (primary N) is 12. The van der Waals surface area contributed by atoms with Crippen molar-refractivity contribution in [3.63, 3.8) is 0 Å². The molecule has 616 valence electrons. The molecule has 0 saturated heterocycles. The monoisotopic (exact) mass is 1570 g/mol. The van der Waals surface area contributed by atoms with Crippen LogP contribution in [0.4, 0.5) is 0 Å². The summed E-state index contributed by atoms with van der Waals surface area (Å²) in [5.41, 5.74) is 72.0. The van der Waals surface area contributed by atoms with Crippen molar-refractivity contribution in [1.82, 2.24) is 63.8 Å². The molecule has 0 aliphatic rings. The second-order valence-electron chi connectivity index (χ2n) is 26.5. The summed E-state index contributed by atoms with van der Waals surface area (Å²) in [6, 6.07) is -11.1. The molecule has 9 amide bonds. The Labute approximate surface area is 645 Å². The fourth-order valence-electron chi connectivity index (χ4n) is 10.9. The van der Waals surface area contributed by atoms with Crippen LogP contribution in [0.15, 0.2) is 84.9 Å². The highest BCUT2D eigenvalue weighted by Gasteiger charge is 2.45. The second-order valence-corrected chi connectivity index (χ2v) is 26.5. The van der Waals surface area contributed by atoms with Crippen LogP contribution in [0.25, 0.3) is 0 Å². The van der Waals surface area contributed by atoms with E-state index in [4.69, 9.17) is 68.8 Å². The minimum absolute atomic E-state index is 0.0317. The number of amides is 9. The minimum atomic E-state index is -2.77. The second kappa shape index (κ2) is 47.6. The molecule has 3 aromatic rings. The highest BCUT2D eigenvalue weighted by atomic mass is 16.3. The molecule has 0 heterocycles. The standard InChI is InChI=1S/C70H108N24O18/c1-32(83-3)46(96)30-44(62(106)91-51(56(100)39(72)19-13-25-87-70(81)82)67(111)90-49(61(78)105)55(99)38(71)18-12-24-86-69(79)80)88-65(109)52(58(102)42(75)28-36-20-22-37(95)23-21-36)94-68(112)54(59(103)41(74)27-35-16-10-7-11-17-35)92-63(107)45(31-47(97)33(2)84-4)89-66(110)53(60(104)43(76)29-48(77)98)93-64(108)50(85-5)57(101)40(73)26-34-14-8-6-9-15-34/h6-11,14-17,20-23,32-33,38-45,49-54,69-70,83-87,95H,12-13,18-19,24-31,71-76,79-82H2,1-5H3,(H2,77,98)(H2,78,105)(H,88,109)(H,89,110)(H,90,111)(H,91,106)(H,92,107)(H,93,108)(H,94,112)/t32-,33-,38-,39-,40-,41-,42-,43-,44?,45?,49?,50?,51?,52?,53?,54?/m0/s1. The molecule has 3 aromatic carbocycles. The molecule has 0 bridgehead atoms. The third kappa shape index (κ3) is 31.3. The highest BCUT2D eigenvalue weighted by molar-refractivity contribution is 6.19. The Morgan fingerprint density at radius 1 is 0.339 bits per heavy atom. The van der Waals surface area contributed by atoms with Crippen molar-refractivity contribution in [1.29, 1.82) is 0 Å². The van der Waals surface area contributed by atoms with Crippen LogP contribution in [-0.4, -0.2) is 248 Å². The SMILES string of the molecule is CNC(C(=O)NC(C(=O)NC(CC(=O)[C@H](C)NC)C(=O)NC(C(=O)NC(C(=O)NC(CC(=O)[C@H](C)NC)C(=O)NC(C(=O)NC(C(N)=O)C(=O)[C@@H](N)CCCNC(N)N)C(=O)[C@@H](N)CCCNC(N)N)C(=O)[C@@H](N)Cc1ccc(O)cc1)C(=O)[C@@H](N)Cc1ccccc1)C(=O)[C@@H](N)CC(N)=O)C(=O)[C@@H](N)Cc1ccccc1. The van der Waals surface area contributed by atoms with E-state index in [1.54, 1.807) is 48.5 Å². The summed E-state index contributed by atoms with van der Waals surface area (Å²) >= 11 is 0. The summed E-state index contributed by atoms with van der Waals surface area (Å²) in [7, 11) is 3.81. The fourth-order valence-corrected chi connectivity index (χ4v) is 10.9. The van der Waals surface area contributed by atoms with Crippen LogP contribution in [0, 0.1) is 0 Å². The Bertz CT molecular complexity index is 3770. The number of carbonyl (C=O) groups excluding carboxylic acids is 17. The van der Waals surface area contributed by atoms with Gasteiger partial charge in [-0.25, -0.2) is 0 Å². The van der Waals surface area contributed by atoms with Crippen molar-refractivity contribution >= 4 is 99.4 Å². The van der Waals surface area contributed by atoms with Gasteiger partial charge < -0.3 is 127 Å². The lowest BCUT2D eigenvalue weighted by molar-refractivity contribution is -0.143. The predicted molar refractivity (Wildman–Crippen MR) is 404 cm³/mol. The third-order valence-electron chi connectivity index (χ3n) is 17.7. The zero-order valence-corrected chi connectivity index (χ0v) is 62.8. The molecule has 0 aliphatic heterocycles. The van der Waals surface area contributed by atoms with Crippen LogP contribution in [0.3, 0.4) is 0 Å². The number of aromatic hydroxyl groups is 1. The van der Waals surface area contributed by atoms with Crippen LogP contribution >= 0.6 is 0 Å². The first kappa shape index (κ1) is 95.7. The maximum atomic E-state index is 15.4. The van der Waals surface area contributed by atoms with Crippen LogP contribution in [0.2, 0.25) is 0 Å². The van der Waals surface area contributed by atoms with Crippen molar-refractivity contribution in [2.75, 3.05) is 34.2 Å². The lowest BCUT2D eigenvalue weighted by atomic mass is 9.95. The number of rotatable bonds is 54. The zero-order valence-electron chi connectivity index (χ0n) is 62.8. The van der Waals surface area contributed by atoms with Gasteiger partial charge in [0.25, 0.3) is 23.6 Å². The number of primary amides is 2. The Hall–Kier alpha value is -10.6. The first-order chi connectivity index (χ1) is 52.7.